The fraction of sp³-hybridized carbons (Fsp3) is 0.562. The minimum atomic E-state index is -3.29. The second kappa shape index (κ2) is 14.4. The molecule has 2 aromatic carbocycles. The molecule has 2 amide bonds. The summed E-state index contributed by atoms with van der Waals surface area (Å²) in [5.74, 6) is 0.201. The van der Waals surface area contributed by atoms with Gasteiger partial charge in [-0.2, -0.15) is 0 Å². The highest BCUT2D eigenvalue weighted by Crippen LogP contribution is 2.30. The molecule has 1 saturated heterocycles. The van der Waals surface area contributed by atoms with Crippen molar-refractivity contribution in [1.29, 1.82) is 0 Å². The lowest BCUT2D eigenvalue weighted by molar-refractivity contribution is -0.138. The van der Waals surface area contributed by atoms with Gasteiger partial charge in [0.1, 0.15) is 6.04 Å². The summed E-state index contributed by atoms with van der Waals surface area (Å²) in [5.41, 5.74) is 3.19. The summed E-state index contributed by atoms with van der Waals surface area (Å²) >= 11 is 6.10. The van der Waals surface area contributed by atoms with E-state index in [2.05, 4.69) is 26.3 Å². The van der Waals surface area contributed by atoms with Gasteiger partial charge in [-0.05, 0) is 54.5 Å². The Kier molecular flexibility index (Phi) is 10.6. The molecule has 3 aliphatic rings. The molecule has 0 aromatic heterocycles. The van der Waals surface area contributed by atoms with E-state index in [0.717, 1.165) is 30.5 Å². The van der Waals surface area contributed by atoms with Gasteiger partial charge in [-0.1, -0.05) is 61.2 Å². The Morgan fingerprint density at radius 1 is 1.00 bits per heavy atom. The number of fused-ring (bicyclic) bond motifs is 1. The molecular weight excluding hydrogens is 586 g/mol. The second-order valence-electron chi connectivity index (χ2n) is 12.3. The number of rotatable bonds is 11. The van der Waals surface area contributed by atoms with E-state index >= 15 is 0 Å². The molecule has 3 N–H and O–H groups in total. The average molecular weight is 630 g/mol. The highest BCUT2D eigenvalue weighted by molar-refractivity contribution is 7.88. The van der Waals surface area contributed by atoms with Crippen LogP contribution < -0.4 is 15.4 Å². The lowest BCUT2D eigenvalue weighted by Gasteiger charge is -2.44. The summed E-state index contributed by atoms with van der Waals surface area (Å²) in [6.07, 6.45) is 8.43. The van der Waals surface area contributed by atoms with Crippen molar-refractivity contribution in [3.8, 4) is 0 Å². The number of benzene rings is 2. The molecule has 2 aliphatic heterocycles. The van der Waals surface area contributed by atoms with Crippen LogP contribution in [0.1, 0.15) is 49.7 Å². The third kappa shape index (κ3) is 8.94. The third-order valence-electron chi connectivity index (χ3n) is 9.11. The minimum Gasteiger partial charge on any atom is -0.381 e. The molecule has 1 aliphatic carbocycles. The molecule has 5 rings (SSSR count). The van der Waals surface area contributed by atoms with Gasteiger partial charge in [-0.15, -0.1) is 0 Å². The van der Waals surface area contributed by atoms with E-state index in [-0.39, 0.29) is 30.3 Å². The summed E-state index contributed by atoms with van der Waals surface area (Å²) in [7, 11) is -3.29. The van der Waals surface area contributed by atoms with Gasteiger partial charge in [0.15, 0.2) is 0 Å². The molecule has 2 heterocycles. The zero-order valence-corrected chi connectivity index (χ0v) is 26.5. The summed E-state index contributed by atoms with van der Waals surface area (Å²) in [5, 5.41) is 7.11. The molecule has 3 atom stereocenters. The van der Waals surface area contributed by atoms with Crippen LogP contribution in [0.4, 0.5) is 5.69 Å². The van der Waals surface area contributed by atoms with Crippen LogP contribution in [-0.4, -0.2) is 87.1 Å². The van der Waals surface area contributed by atoms with Crippen molar-refractivity contribution in [2.45, 2.75) is 69.5 Å². The maximum Gasteiger partial charge on any atom is 0.245 e. The Morgan fingerprint density at radius 3 is 2.37 bits per heavy atom. The first-order valence-corrected chi connectivity index (χ1v) is 17.8. The van der Waals surface area contributed by atoms with Crippen molar-refractivity contribution in [2.24, 2.45) is 5.92 Å². The Morgan fingerprint density at radius 2 is 1.70 bits per heavy atom. The molecule has 0 spiro atoms. The standard InChI is InChI=1S/C32H44ClN5O4S/c1-43(41,42)34-22-30(24-7-3-2-4-8-24)37-15-17-38(18-16-37)32(40)29(19-23-11-13-26(33)14-12-23)36-31(39)21-27-20-25-9-5-6-10-28(25)35-27/h5-6,9-14,24,27,29-30,34-35H,2-4,7-8,15-22H2,1H3,(H,36,39)/t27?,29-,30?/m1/s1. The number of anilines is 1. The van der Waals surface area contributed by atoms with Gasteiger partial charge < -0.3 is 15.5 Å². The highest BCUT2D eigenvalue weighted by atomic mass is 35.5. The molecule has 0 bridgehead atoms. The van der Waals surface area contributed by atoms with Crippen LogP contribution in [0.15, 0.2) is 48.5 Å². The van der Waals surface area contributed by atoms with Crippen LogP contribution in [0, 0.1) is 5.92 Å². The van der Waals surface area contributed by atoms with Crippen LogP contribution in [0.2, 0.25) is 5.02 Å². The maximum atomic E-state index is 13.9. The number of halogens is 1. The van der Waals surface area contributed by atoms with Gasteiger partial charge >= 0.3 is 0 Å². The molecule has 2 fully saturated rings. The van der Waals surface area contributed by atoms with Crippen LogP contribution in [0.5, 0.6) is 0 Å². The Balaban J connectivity index is 1.22. The smallest absolute Gasteiger partial charge is 0.245 e. The molecule has 2 unspecified atom stereocenters. The Hall–Kier alpha value is -2.66. The monoisotopic (exact) mass is 629 g/mol. The van der Waals surface area contributed by atoms with E-state index in [1.807, 2.05) is 35.2 Å². The first-order valence-electron chi connectivity index (χ1n) is 15.5. The largest absolute Gasteiger partial charge is 0.381 e. The van der Waals surface area contributed by atoms with Gasteiger partial charge in [-0.3, -0.25) is 14.5 Å². The van der Waals surface area contributed by atoms with Gasteiger partial charge in [-0.25, -0.2) is 13.1 Å². The summed E-state index contributed by atoms with van der Waals surface area (Å²) < 4.78 is 26.6. The van der Waals surface area contributed by atoms with Crippen molar-refractivity contribution in [2.75, 3.05) is 44.3 Å². The molecule has 0 radical (unpaired) electrons. The maximum absolute atomic E-state index is 13.9. The lowest BCUT2D eigenvalue weighted by atomic mass is 9.83. The Labute approximate surface area is 260 Å². The second-order valence-corrected chi connectivity index (χ2v) is 14.6. The molecule has 9 nitrogen and oxygen atoms in total. The normalized spacial score (nSPS) is 21.1. The van der Waals surface area contributed by atoms with Gasteiger partial charge in [0.25, 0.3) is 0 Å². The van der Waals surface area contributed by atoms with E-state index in [9.17, 15) is 18.0 Å². The van der Waals surface area contributed by atoms with E-state index in [1.165, 1.54) is 31.1 Å². The van der Waals surface area contributed by atoms with Gasteiger partial charge in [0.2, 0.25) is 21.8 Å². The zero-order chi connectivity index (χ0) is 30.4. The van der Waals surface area contributed by atoms with Crippen LogP contribution >= 0.6 is 11.6 Å². The topological polar surface area (TPSA) is 111 Å². The predicted octanol–water partition coefficient (Wildman–Crippen LogP) is 3.44. The summed E-state index contributed by atoms with van der Waals surface area (Å²) in [4.78, 5) is 31.4. The molecular formula is C32H44ClN5O4S. The number of amides is 2. The van der Waals surface area contributed by atoms with Crippen LogP contribution in [0.25, 0.3) is 0 Å². The van der Waals surface area contributed by atoms with Crippen molar-refractivity contribution >= 4 is 39.1 Å². The summed E-state index contributed by atoms with van der Waals surface area (Å²) in [6.45, 7) is 2.81. The number of hydrogen-bond acceptors (Lipinski definition) is 6. The van der Waals surface area contributed by atoms with E-state index in [1.54, 1.807) is 12.1 Å². The van der Waals surface area contributed by atoms with Crippen LogP contribution in [-0.2, 0) is 32.5 Å². The molecule has 11 heteroatoms. The van der Waals surface area contributed by atoms with E-state index in [0.29, 0.717) is 50.1 Å². The van der Waals surface area contributed by atoms with Gasteiger partial charge in [0, 0.05) is 68.4 Å². The first kappa shape index (κ1) is 31.8. The van der Waals surface area contributed by atoms with Crippen molar-refractivity contribution in [3.05, 3.63) is 64.7 Å². The highest BCUT2D eigenvalue weighted by Gasteiger charge is 2.35. The van der Waals surface area contributed by atoms with Crippen molar-refractivity contribution in [1.82, 2.24) is 19.8 Å². The quantitative estimate of drug-likeness (QED) is 0.351. The molecule has 234 valence electrons. The van der Waals surface area contributed by atoms with Crippen LogP contribution in [0.3, 0.4) is 0 Å². The number of sulfonamides is 1. The van der Waals surface area contributed by atoms with Crippen molar-refractivity contribution < 1.29 is 18.0 Å². The van der Waals surface area contributed by atoms with Gasteiger partial charge in [0.05, 0.1) is 6.26 Å². The first-order chi connectivity index (χ1) is 20.6. The zero-order valence-electron chi connectivity index (χ0n) is 24.9. The minimum absolute atomic E-state index is 0.00973. The lowest BCUT2D eigenvalue weighted by Crippen LogP contribution is -2.59. The Bertz CT molecular complexity index is 1330. The summed E-state index contributed by atoms with van der Waals surface area (Å²) in [6, 6.07) is 14.9. The number of nitrogens with one attached hydrogen (secondary N) is 3. The SMILES string of the molecule is CS(=O)(=O)NCC(C1CCCCC1)N1CCN(C(=O)[C@@H](Cc2ccc(Cl)cc2)NC(=O)CC2Cc3ccccc3N2)CC1. The molecule has 1 saturated carbocycles. The number of para-hydroxylation sites is 1. The molecule has 43 heavy (non-hydrogen) atoms. The number of hydrogen-bond donors (Lipinski definition) is 3. The van der Waals surface area contributed by atoms with E-state index < -0.39 is 16.1 Å². The fourth-order valence-corrected chi connectivity index (χ4v) is 7.48. The number of nitrogens with zero attached hydrogens (tertiary/aromatic N) is 2. The average Bonchev–Trinajstić information content (AvgIpc) is 3.40. The predicted molar refractivity (Wildman–Crippen MR) is 171 cm³/mol. The third-order valence-corrected chi connectivity index (χ3v) is 10.0. The van der Waals surface area contributed by atoms with E-state index in [4.69, 9.17) is 11.6 Å². The fourth-order valence-electron chi connectivity index (χ4n) is 6.88. The number of piperazine rings is 1. The number of carbonyl (C=O) groups is 2. The molecule has 2 aromatic rings. The van der Waals surface area contributed by atoms with Crippen molar-refractivity contribution in [3.63, 3.8) is 0 Å². The number of carbonyl (C=O) groups excluding carboxylic acids is 2.